The Kier molecular flexibility index (Phi) is 4.40. The Labute approximate surface area is 120 Å². The maximum absolute atomic E-state index is 6.08. The van der Waals surface area contributed by atoms with Crippen LogP contribution < -0.4 is 0 Å². The van der Waals surface area contributed by atoms with E-state index in [1.165, 1.54) is 0 Å². The predicted octanol–water partition coefficient (Wildman–Crippen LogP) is 4.16. The molecule has 100 valence electrons. The first-order valence-corrected chi connectivity index (χ1v) is 6.56. The maximum Gasteiger partial charge on any atom is 0.179 e. The number of hydrogen-bond acceptors (Lipinski definition) is 1. The van der Waals surface area contributed by atoms with Crippen molar-refractivity contribution in [2.45, 2.75) is 12.5 Å². The lowest BCUT2D eigenvalue weighted by atomic mass is 9.86. The minimum absolute atomic E-state index is 0.425. The summed E-state index contributed by atoms with van der Waals surface area (Å²) in [4.78, 5) is 0. The van der Waals surface area contributed by atoms with Crippen molar-refractivity contribution in [1.82, 2.24) is 0 Å². The van der Waals surface area contributed by atoms with Crippen molar-refractivity contribution in [1.29, 1.82) is 0 Å². The number of terminal acetylenes is 1. The minimum Gasteiger partial charge on any atom is -0.350 e. The number of benzene rings is 2. The van der Waals surface area contributed by atoms with Crippen LogP contribution in [-0.2, 0) is 10.3 Å². The molecule has 0 bridgehead atoms. The molecule has 20 heavy (non-hydrogen) atoms. The van der Waals surface area contributed by atoms with Crippen LogP contribution in [0.15, 0.2) is 72.8 Å². The highest BCUT2D eigenvalue weighted by atomic mass is 16.5. The van der Waals surface area contributed by atoms with Gasteiger partial charge < -0.3 is 4.74 Å². The Balaban J connectivity index is 2.53. The van der Waals surface area contributed by atoms with Gasteiger partial charge in [0, 0.05) is 11.1 Å². The molecule has 2 rings (SSSR count). The van der Waals surface area contributed by atoms with E-state index in [1.807, 2.05) is 67.6 Å². The molecule has 0 N–H and O–H groups in total. The fourth-order valence-corrected chi connectivity index (χ4v) is 2.12. The molecular weight excluding hydrogens is 244 g/mol. The van der Waals surface area contributed by atoms with Crippen LogP contribution in [0.3, 0.4) is 0 Å². The Morgan fingerprint density at radius 1 is 1.05 bits per heavy atom. The molecule has 1 nitrogen and oxygen atoms in total. The van der Waals surface area contributed by atoms with E-state index < -0.39 is 5.60 Å². The highest BCUT2D eigenvalue weighted by Crippen LogP contribution is 2.33. The Morgan fingerprint density at radius 2 is 1.50 bits per heavy atom. The normalized spacial score (nSPS) is 10.8. The molecular formula is C19H18O. The number of rotatable bonds is 5. The van der Waals surface area contributed by atoms with Gasteiger partial charge in [-0.2, -0.15) is 0 Å². The molecule has 0 unspecified atom stereocenters. The zero-order chi connectivity index (χ0) is 14.4. The van der Waals surface area contributed by atoms with Crippen molar-refractivity contribution in [3.8, 4) is 12.3 Å². The fraction of sp³-hybridized carbons (Fsp3) is 0.158. The molecule has 2 aromatic rings. The molecule has 0 saturated carbocycles. The standard InChI is InChI=1S/C19H18O/c1-4-19(20-15-16(2)3,17-11-7-5-8-12-17)18-13-9-6-10-14-18/h1,5-14H,2,15H2,3H3. The summed E-state index contributed by atoms with van der Waals surface area (Å²) in [6, 6.07) is 19.8. The van der Waals surface area contributed by atoms with Crippen molar-refractivity contribution in [3.63, 3.8) is 0 Å². The van der Waals surface area contributed by atoms with Gasteiger partial charge in [0.15, 0.2) is 5.60 Å². The molecule has 0 radical (unpaired) electrons. The van der Waals surface area contributed by atoms with Gasteiger partial charge in [-0.25, -0.2) is 0 Å². The second-order valence-electron chi connectivity index (χ2n) is 4.80. The second kappa shape index (κ2) is 6.23. The summed E-state index contributed by atoms with van der Waals surface area (Å²) in [6.07, 6.45) is 5.85. The zero-order valence-electron chi connectivity index (χ0n) is 11.7. The third-order valence-corrected chi connectivity index (χ3v) is 3.10. The van der Waals surface area contributed by atoms with Crippen LogP contribution in [0.5, 0.6) is 0 Å². The third-order valence-electron chi connectivity index (χ3n) is 3.10. The molecule has 0 fully saturated rings. The zero-order valence-corrected chi connectivity index (χ0v) is 11.7. The van der Waals surface area contributed by atoms with Gasteiger partial charge in [-0.1, -0.05) is 78.7 Å². The van der Waals surface area contributed by atoms with Gasteiger partial charge in [0.2, 0.25) is 0 Å². The van der Waals surface area contributed by atoms with Crippen LogP contribution in [0.4, 0.5) is 0 Å². The average molecular weight is 262 g/mol. The van der Waals surface area contributed by atoms with Crippen LogP contribution in [0, 0.1) is 12.3 Å². The lowest BCUT2D eigenvalue weighted by Crippen LogP contribution is -2.30. The monoisotopic (exact) mass is 262 g/mol. The van der Waals surface area contributed by atoms with E-state index in [0.717, 1.165) is 16.7 Å². The molecule has 0 aliphatic carbocycles. The molecule has 0 amide bonds. The lowest BCUT2D eigenvalue weighted by Gasteiger charge is -2.30. The number of hydrogen-bond donors (Lipinski definition) is 0. The molecule has 0 spiro atoms. The second-order valence-corrected chi connectivity index (χ2v) is 4.80. The van der Waals surface area contributed by atoms with E-state index in [-0.39, 0.29) is 0 Å². The molecule has 0 atom stereocenters. The van der Waals surface area contributed by atoms with E-state index in [1.54, 1.807) is 0 Å². The maximum atomic E-state index is 6.08. The molecule has 0 heterocycles. The summed E-state index contributed by atoms with van der Waals surface area (Å²) in [6.45, 7) is 6.24. The van der Waals surface area contributed by atoms with Crippen LogP contribution >= 0.6 is 0 Å². The van der Waals surface area contributed by atoms with Crippen molar-refractivity contribution in [2.75, 3.05) is 6.61 Å². The van der Waals surface area contributed by atoms with E-state index in [9.17, 15) is 0 Å². The largest absolute Gasteiger partial charge is 0.350 e. The van der Waals surface area contributed by atoms with E-state index in [4.69, 9.17) is 11.2 Å². The number of ether oxygens (including phenoxy) is 1. The molecule has 0 aliphatic heterocycles. The van der Waals surface area contributed by atoms with Crippen LogP contribution in [0.1, 0.15) is 18.1 Å². The SMILES string of the molecule is C#CC(OCC(=C)C)(c1ccccc1)c1ccccc1. The van der Waals surface area contributed by atoms with Crippen LogP contribution in [0.25, 0.3) is 0 Å². The Hall–Kier alpha value is -2.30. The summed E-state index contributed by atoms with van der Waals surface area (Å²) in [7, 11) is 0. The van der Waals surface area contributed by atoms with E-state index in [0.29, 0.717) is 6.61 Å². The van der Waals surface area contributed by atoms with Crippen molar-refractivity contribution >= 4 is 0 Å². The van der Waals surface area contributed by atoms with Crippen molar-refractivity contribution in [2.24, 2.45) is 0 Å². The first kappa shape index (κ1) is 14.1. The minimum atomic E-state index is -0.874. The smallest absolute Gasteiger partial charge is 0.179 e. The highest BCUT2D eigenvalue weighted by Gasteiger charge is 2.33. The fourth-order valence-electron chi connectivity index (χ4n) is 2.12. The highest BCUT2D eigenvalue weighted by molar-refractivity contribution is 5.44. The van der Waals surface area contributed by atoms with Crippen LogP contribution in [0.2, 0.25) is 0 Å². The van der Waals surface area contributed by atoms with Gasteiger partial charge in [-0.05, 0) is 6.92 Å². The average Bonchev–Trinajstić information content (AvgIpc) is 2.50. The van der Waals surface area contributed by atoms with Gasteiger partial charge in [-0.15, -0.1) is 6.42 Å². The van der Waals surface area contributed by atoms with Gasteiger partial charge in [0.05, 0.1) is 6.61 Å². The van der Waals surface area contributed by atoms with Crippen molar-refractivity contribution in [3.05, 3.63) is 83.9 Å². The topological polar surface area (TPSA) is 9.23 Å². The lowest BCUT2D eigenvalue weighted by molar-refractivity contribution is 0.0424. The molecule has 0 aromatic heterocycles. The van der Waals surface area contributed by atoms with E-state index in [2.05, 4.69) is 12.5 Å². The summed E-state index contributed by atoms with van der Waals surface area (Å²) in [5.74, 6) is 2.84. The molecule has 0 aliphatic rings. The van der Waals surface area contributed by atoms with Gasteiger partial charge in [0.1, 0.15) is 0 Å². The summed E-state index contributed by atoms with van der Waals surface area (Å²) < 4.78 is 6.08. The Morgan fingerprint density at radius 3 is 1.85 bits per heavy atom. The summed E-state index contributed by atoms with van der Waals surface area (Å²) in [5, 5.41) is 0. The van der Waals surface area contributed by atoms with Crippen molar-refractivity contribution < 1.29 is 4.74 Å². The molecule has 0 saturated heterocycles. The predicted molar refractivity (Wildman–Crippen MR) is 83.3 cm³/mol. The van der Waals surface area contributed by atoms with Gasteiger partial charge in [-0.3, -0.25) is 0 Å². The molecule has 1 heteroatoms. The first-order chi connectivity index (χ1) is 9.69. The quantitative estimate of drug-likeness (QED) is 0.581. The summed E-state index contributed by atoms with van der Waals surface area (Å²) in [5.41, 5.74) is 1.97. The van der Waals surface area contributed by atoms with E-state index >= 15 is 0 Å². The summed E-state index contributed by atoms with van der Waals surface area (Å²) >= 11 is 0. The van der Waals surface area contributed by atoms with Gasteiger partial charge >= 0.3 is 0 Å². The van der Waals surface area contributed by atoms with Gasteiger partial charge in [0.25, 0.3) is 0 Å². The molecule has 2 aromatic carbocycles. The third kappa shape index (κ3) is 2.82. The van der Waals surface area contributed by atoms with Crippen LogP contribution in [-0.4, -0.2) is 6.61 Å². The Bertz CT molecular complexity index is 566. The first-order valence-electron chi connectivity index (χ1n) is 6.56.